The molecule has 0 aromatic carbocycles. The molecule has 0 saturated heterocycles. The van der Waals surface area contributed by atoms with E-state index in [1.54, 1.807) is 13.2 Å². The van der Waals surface area contributed by atoms with E-state index in [0.29, 0.717) is 18.9 Å². The van der Waals surface area contributed by atoms with E-state index in [1.807, 2.05) is 0 Å². The van der Waals surface area contributed by atoms with Gasteiger partial charge >= 0.3 is 5.97 Å². The van der Waals surface area contributed by atoms with Crippen LogP contribution in [0.5, 0.6) is 5.75 Å². The summed E-state index contributed by atoms with van der Waals surface area (Å²) in [5.41, 5.74) is 5.44. The Kier molecular flexibility index (Phi) is 3.47. The second kappa shape index (κ2) is 4.61. The third kappa shape index (κ3) is 2.23. The highest BCUT2D eigenvalue weighted by Gasteiger charge is 2.17. The number of nitrogens with zero attached hydrogens (tertiary/aromatic N) is 2. The zero-order valence-electron chi connectivity index (χ0n) is 8.19. The van der Waals surface area contributed by atoms with E-state index < -0.39 is 5.97 Å². The maximum absolute atomic E-state index is 11.2. The van der Waals surface area contributed by atoms with Crippen LogP contribution >= 0.6 is 0 Å². The van der Waals surface area contributed by atoms with Gasteiger partial charge in [0.1, 0.15) is 6.61 Å². The summed E-state index contributed by atoms with van der Waals surface area (Å²) in [7, 11) is 2.99. The molecule has 14 heavy (non-hydrogen) atoms. The van der Waals surface area contributed by atoms with Crippen molar-refractivity contribution in [3.63, 3.8) is 0 Å². The van der Waals surface area contributed by atoms with Gasteiger partial charge in [-0.15, -0.1) is 0 Å². The lowest BCUT2D eigenvalue weighted by Gasteiger charge is -2.02. The summed E-state index contributed by atoms with van der Waals surface area (Å²) in [6, 6.07) is 0. The van der Waals surface area contributed by atoms with Gasteiger partial charge in [-0.2, -0.15) is 5.10 Å². The van der Waals surface area contributed by atoms with E-state index in [9.17, 15) is 4.79 Å². The lowest BCUT2D eigenvalue weighted by atomic mass is 10.4. The van der Waals surface area contributed by atoms with E-state index in [0.717, 1.165) is 0 Å². The van der Waals surface area contributed by atoms with E-state index >= 15 is 0 Å². The number of rotatable bonds is 4. The largest absolute Gasteiger partial charge is 0.488 e. The number of hydrogen-bond donors (Lipinski definition) is 1. The second-order valence-electron chi connectivity index (χ2n) is 2.64. The van der Waals surface area contributed by atoms with Crippen LogP contribution in [0.2, 0.25) is 0 Å². The number of carbonyl (C=O) groups is 1. The summed E-state index contributed by atoms with van der Waals surface area (Å²) in [6.45, 7) is 0.727. The van der Waals surface area contributed by atoms with Crippen LogP contribution in [0.1, 0.15) is 10.5 Å². The van der Waals surface area contributed by atoms with Gasteiger partial charge in [-0.3, -0.25) is 4.68 Å². The molecular formula is C8H13N3O3. The molecule has 78 valence electrons. The lowest BCUT2D eigenvalue weighted by Crippen LogP contribution is -2.12. The standard InChI is InChI=1S/C8H13N3O3/c1-11-5-6(14-4-3-9)7(10-11)8(12)13-2/h5H,3-4,9H2,1-2H3. The van der Waals surface area contributed by atoms with Crippen LogP contribution in [0.15, 0.2) is 6.20 Å². The molecule has 0 aliphatic carbocycles. The minimum atomic E-state index is -0.516. The number of methoxy groups -OCH3 is 1. The van der Waals surface area contributed by atoms with E-state index in [1.165, 1.54) is 11.8 Å². The van der Waals surface area contributed by atoms with Crippen LogP contribution in [-0.4, -0.2) is 36.0 Å². The average Bonchev–Trinajstić information content (AvgIpc) is 2.55. The fourth-order valence-corrected chi connectivity index (χ4v) is 0.979. The van der Waals surface area contributed by atoms with Gasteiger partial charge < -0.3 is 15.2 Å². The number of carbonyl (C=O) groups excluding carboxylic acids is 1. The maximum atomic E-state index is 11.2. The number of aromatic nitrogens is 2. The summed E-state index contributed by atoms with van der Waals surface area (Å²) in [5, 5.41) is 3.91. The third-order valence-corrected chi connectivity index (χ3v) is 1.55. The maximum Gasteiger partial charge on any atom is 0.362 e. The molecule has 0 spiro atoms. The minimum Gasteiger partial charge on any atom is -0.488 e. The van der Waals surface area contributed by atoms with Crippen LogP contribution in [0.3, 0.4) is 0 Å². The number of ether oxygens (including phenoxy) is 2. The Bertz CT molecular complexity index is 322. The van der Waals surface area contributed by atoms with Gasteiger partial charge in [0.15, 0.2) is 5.75 Å². The van der Waals surface area contributed by atoms with Gasteiger partial charge in [0.05, 0.1) is 13.3 Å². The first-order chi connectivity index (χ1) is 6.69. The molecule has 6 nitrogen and oxygen atoms in total. The topological polar surface area (TPSA) is 79.4 Å². The molecule has 0 saturated carbocycles. The Morgan fingerprint density at radius 2 is 2.43 bits per heavy atom. The molecule has 0 fully saturated rings. The van der Waals surface area contributed by atoms with Crippen molar-refractivity contribution in [2.24, 2.45) is 12.8 Å². The fraction of sp³-hybridized carbons (Fsp3) is 0.500. The first kappa shape index (κ1) is 10.5. The summed E-state index contributed by atoms with van der Waals surface area (Å²) in [5.74, 6) is -0.123. The van der Waals surface area contributed by atoms with Crippen LogP contribution < -0.4 is 10.5 Å². The first-order valence-electron chi connectivity index (χ1n) is 4.14. The summed E-state index contributed by atoms with van der Waals surface area (Å²) in [4.78, 5) is 11.2. The fourth-order valence-electron chi connectivity index (χ4n) is 0.979. The number of esters is 1. The Labute approximate surface area is 81.6 Å². The molecule has 0 amide bonds. The first-order valence-corrected chi connectivity index (χ1v) is 4.14. The molecule has 6 heteroatoms. The number of hydrogen-bond acceptors (Lipinski definition) is 5. The van der Waals surface area contributed by atoms with Crippen molar-refractivity contribution < 1.29 is 14.3 Å². The van der Waals surface area contributed by atoms with Crippen LogP contribution in [0.25, 0.3) is 0 Å². The molecule has 1 aromatic rings. The molecule has 0 aliphatic rings. The molecule has 0 unspecified atom stereocenters. The zero-order chi connectivity index (χ0) is 10.6. The number of aryl methyl sites for hydroxylation is 1. The van der Waals surface area contributed by atoms with Gasteiger partial charge in [-0.05, 0) is 0 Å². The molecule has 0 bridgehead atoms. The van der Waals surface area contributed by atoms with Crippen molar-refractivity contribution in [1.82, 2.24) is 9.78 Å². The highest BCUT2D eigenvalue weighted by Crippen LogP contribution is 2.16. The second-order valence-corrected chi connectivity index (χ2v) is 2.64. The van der Waals surface area contributed by atoms with Gasteiger partial charge in [-0.1, -0.05) is 0 Å². The molecule has 0 aliphatic heterocycles. The Morgan fingerprint density at radius 3 is 3.00 bits per heavy atom. The highest BCUT2D eigenvalue weighted by atomic mass is 16.5. The van der Waals surface area contributed by atoms with Crippen molar-refractivity contribution in [3.8, 4) is 5.75 Å². The third-order valence-electron chi connectivity index (χ3n) is 1.55. The van der Waals surface area contributed by atoms with E-state index in [-0.39, 0.29) is 5.69 Å². The Balaban J connectivity index is 2.85. The summed E-state index contributed by atoms with van der Waals surface area (Å²) >= 11 is 0. The van der Waals surface area contributed by atoms with Crippen molar-refractivity contribution in [3.05, 3.63) is 11.9 Å². The smallest absolute Gasteiger partial charge is 0.362 e. The van der Waals surface area contributed by atoms with Crippen molar-refractivity contribution >= 4 is 5.97 Å². The summed E-state index contributed by atoms with van der Waals surface area (Å²) < 4.78 is 11.2. The van der Waals surface area contributed by atoms with Crippen LogP contribution in [0, 0.1) is 0 Å². The van der Waals surface area contributed by atoms with Gasteiger partial charge in [0.25, 0.3) is 0 Å². The van der Waals surface area contributed by atoms with Crippen molar-refractivity contribution in [1.29, 1.82) is 0 Å². The van der Waals surface area contributed by atoms with Crippen LogP contribution in [-0.2, 0) is 11.8 Å². The predicted molar refractivity (Wildman–Crippen MR) is 49.1 cm³/mol. The zero-order valence-corrected chi connectivity index (χ0v) is 8.19. The SMILES string of the molecule is COC(=O)c1nn(C)cc1OCCN. The predicted octanol–water partition coefficient (Wildman–Crippen LogP) is -0.456. The molecule has 1 heterocycles. The van der Waals surface area contributed by atoms with Gasteiger partial charge in [-0.25, -0.2) is 4.79 Å². The van der Waals surface area contributed by atoms with E-state index in [2.05, 4.69) is 9.84 Å². The molecule has 1 rings (SSSR count). The minimum absolute atomic E-state index is 0.170. The molecule has 0 atom stereocenters. The Morgan fingerprint density at radius 1 is 1.71 bits per heavy atom. The monoisotopic (exact) mass is 199 g/mol. The van der Waals surface area contributed by atoms with Gasteiger partial charge in [0.2, 0.25) is 5.69 Å². The number of nitrogens with two attached hydrogens (primary N) is 1. The average molecular weight is 199 g/mol. The van der Waals surface area contributed by atoms with Crippen molar-refractivity contribution in [2.75, 3.05) is 20.3 Å². The van der Waals surface area contributed by atoms with E-state index in [4.69, 9.17) is 10.5 Å². The Hall–Kier alpha value is -1.56. The highest BCUT2D eigenvalue weighted by molar-refractivity contribution is 5.90. The van der Waals surface area contributed by atoms with Crippen LogP contribution in [0.4, 0.5) is 0 Å². The molecule has 0 radical (unpaired) electrons. The molecular weight excluding hydrogens is 186 g/mol. The normalized spacial score (nSPS) is 9.93. The molecule has 1 aromatic heterocycles. The van der Waals surface area contributed by atoms with Gasteiger partial charge in [0, 0.05) is 13.6 Å². The van der Waals surface area contributed by atoms with Crippen molar-refractivity contribution in [2.45, 2.75) is 0 Å². The lowest BCUT2D eigenvalue weighted by molar-refractivity contribution is 0.0588. The molecule has 2 N–H and O–H groups in total. The quantitative estimate of drug-likeness (QED) is 0.664. The summed E-state index contributed by atoms with van der Waals surface area (Å²) in [6.07, 6.45) is 1.60.